The Morgan fingerprint density at radius 3 is 2.67 bits per heavy atom. The minimum Gasteiger partial charge on any atom is -0.484 e. The molecule has 0 unspecified atom stereocenters. The molecule has 0 aromatic heterocycles. The average Bonchev–Trinajstić information content (AvgIpc) is 2.75. The number of aryl methyl sites for hydroxylation is 1. The van der Waals surface area contributed by atoms with Crippen LogP contribution in [0, 0.1) is 6.92 Å². The van der Waals surface area contributed by atoms with Gasteiger partial charge in [-0.15, -0.1) is 0 Å². The third-order valence-corrected chi connectivity index (χ3v) is 5.27. The zero-order valence-electron chi connectivity index (χ0n) is 17.4. The lowest BCUT2D eigenvalue weighted by atomic mass is 10.1. The first kappa shape index (κ1) is 21.8. The number of benzene rings is 2. The van der Waals surface area contributed by atoms with Crippen LogP contribution in [0.25, 0.3) is 0 Å². The number of piperazine rings is 1. The number of hydrogen-bond acceptors (Lipinski definition) is 4. The van der Waals surface area contributed by atoms with Gasteiger partial charge >= 0.3 is 0 Å². The summed E-state index contributed by atoms with van der Waals surface area (Å²) in [7, 11) is 1.79. The molecule has 1 fully saturated rings. The van der Waals surface area contributed by atoms with Gasteiger partial charge in [-0.05, 0) is 42.3 Å². The van der Waals surface area contributed by atoms with Crippen molar-refractivity contribution in [2.45, 2.75) is 13.5 Å². The van der Waals surface area contributed by atoms with Crippen molar-refractivity contribution >= 4 is 29.2 Å². The Bertz CT molecular complexity index is 910. The maximum absolute atomic E-state index is 10.9. The monoisotopic (exact) mass is 429 g/mol. The third-order valence-electron chi connectivity index (χ3n) is 5.03. The average molecular weight is 430 g/mol. The molecule has 1 saturated heterocycles. The Hall–Kier alpha value is -2.93. The highest BCUT2D eigenvalue weighted by Crippen LogP contribution is 2.25. The number of nitrogens with two attached hydrogens (primary N) is 1. The molecule has 1 amide bonds. The number of anilines is 1. The molecule has 1 heterocycles. The smallest absolute Gasteiger partial charge is 0.255 e. The second-order valence-corrected chi connectivity index (χ2v) is 7.64. The van der Waals surface area contributed by atoms with Gasteiger partial charge < -0.3 is 25.6 Å². The maximum atomic E-state index is 10.9. The van der Waals surface area contributed by atoms with Gasteiger partial charge in [0.1, 0.15) is 5.75 Å². The Morgan fingerprint density at radius 1 is 1.20 bits per heavy atom. The molecule has 0 spiro atoms. The predicted octanol–water partition coefficient (Wildman–Crippen LogP) is 2.41. The van der Waals surface area contributed by atoms with E-state index in [0.29, 0.717) is 12.3 Å². The SMILES string of the molecule is CN=C(NCc1cccc(OCC(N)=O)c1)N1CCN(c2cc(Cl)ccc2C)CC1. The van der Waals surface area contributed by atoms with Crippen LogP contribution in [0.4, 0.5) is 5.69 Å². The van der Waals surface area contributed by atoms with Gasteiger partial charge in [0, 0.05) is 50.5 Å². The fourth-order valence-electron chi connectivity index (χ4n) is 3.50. The van der Waals surface area contributed by atoms with Crippen LogP contribution in [0.15, 0.2) is 47.5 Å². The molecule has 3 rings (SSSR count). The molecule has 160 valence electrons. The zero-order chi connectivity index (χ0) is 21.5. The van der Waals surface area contributed by atoms with E-state index in [-0.39, 0.29) is 6.61 Å². The molecule has 1 aliphatic rings. The summed E-state index contributed by atoms with van der Waals surface area (Å²) in [5.41, 5.74) is 8.59. The van der Waals surface area contributed by atoms with E-state index in [1.165, 1.54) is 11.3 Å². The summed E-state index contributed by atoms with van der Waals surface area (Å²) in [5, 5.41) is 4.17. The highest BCUT2D eigenvalue weighted by atomic mass is 35.5. The molecule has 7 nitrogen and oxygen atoms in total. The highest BCUT2D eigenvalue weighted by Gasteiger charge is 2.21. The number of amides is 1. The second kappa shape index (κ2) is 10.2. The molecule has 2 aromatic rings. The first-order valence-electron chi connectivity index (χ1n) is 9.93. The van der Waals surface area contributed by atoms with Crippen LogP contribution in [0.2, 0.25) is 5.02 Å². The largest absolute Gasteiger partial charge is 0.484 e. The van der Waals surface area contributed by atoms with E-state index in [0.717, 1.165) is 42.7 Å². The molecule has 0 radical (unpaired) electrons. The standard InChI is InChI=1S/C22H28ClN5O2/c1-16-6-7-18(23)13-20(16)27-8-10-28(11-9-27)22(25-2)26-14-17-4-3-5-19(12-17)30-15-21(24)29/h3-7,12-13H,8-11,14-15H2,1-2H3,(H2,24,29)(H,25,26). The van der Waals surface area contributed by atoms with Crippen molar-refractivity contribution in [3.05, 3.63) is 58.6 Å². The maximum Gasteiger partial charge on any atom is 0.255 e. The first-order chi connectivity index (χ1) is 14.5. The number of ether oxygens (including phenoxy) is 1. The van der Waals surface area contributed by atoms with E-state index in [2.05, 4.69) is 33.1 Å². The van der Waals surface area contributed by atoms with Gasteiger partial charge in [0.15, 0.2) is 12.6 Å². The van der Waals surface area contributed by atoms with Gasteiger partial charge in [-0.25, -0.2) is 0 Å². The Balaban J connectivity index is 1.55. The molecule has 2 aromatic carbocycles. The minimum absolute atomic E-state index is 0.130. The van der Waals surface area contributed by atoms with Gasteiger partial charge in [0.05, 0.1) is 0 Å². The molecular formula is C22H28ClN5O2. The summed E-state index contributed by atoms with van der Waals surface area (Å²) in [6.07, 6.45) is 0. The van der Waals surface area contributed by atoms with Crippen LogP contribution < -0.4 is 20.7 Å². The molecule has 3 N–H and O–H groups in total. The number of aliphatic imine (C=N–C) groups is 1. The number of primary amides is 1. The number of nitrogens with one attached hydrogen (secondary N) is 1. The molecule has 1 aliphatic heterocycles. The predicted molar refractivity (Wildman–Crippen MR) is 121 cm³/mol. The van der Waals surface area contributed by atoms with Crippen molar-refractivity contribution in [1.29, 1.82) is 0 Å². The van der Waals surface area contributed by atoms with Crippen LogP contribution in [0.1, 0.15) is 11.1 Å². The van der Waals surface area contributed by atoms with E-state index in [1.807, 2.05) is 30.3 Å². The molecule has 30 heavy (non-hydrogen) atoms. The van der Waals surface area contributed by atoms with Gasteiger partial charge in [-0.3, -0.25) is 9.79 Å². The first-order valence-corrected chi connectivity index (χ1v) is 10.3. The summed E-state index contributed by atoms with van der Waals surface area (Å²) >= 11 is 6.19. The molecule has 0 bridgehead atoms. The molecule has 0 saturated carbocycles. The number of carbonyl (C=O) groups is 1. The molecule has 0 atom stereocenters. The lowest BCUT2D eigenvalue weighted by Crippen LogP contribution is -2.52. The number of guanidine groups is 1. The van der Waals surface area contributed by atoms with Crippen molar-refractivity contribution < 1.29 is 9.53 Å². The number of nitrogens with zero attached hydrogens (tertiary/aromatic N) is 3. The minimum atomic E-state index is -0.494. The van der Waals surface area contributed by atoms with Crippen molar-refractivity contribution in [1.82, 2.24) is 10.2 Å². The van der Waals surface area contributed by atoms with Crippen molar-refractivity contribution in [2.24, 2.45) is 10.7 Å². The van der Waals surface area contributed by atoms with E-state index >= 15 is 0 Å². The van der Waals surface area contributed by atoms with Gasteiger partial charge in [0.25, 0.3) is 5.91 Å². The summed E-state index contributed by atoms with van der Waals surface area (Å²) in [4.78, 5) is 19.9. The number of hydrogen-bond donors (Lipinski definition) is 2. The summed E-state index contributed by atoms with van der Waals surface area (Å²) in [6, 6.07) is 13.6. The van der Waals surface area contributed by atoms with E-state index in [1.54, 1.807) is 13.1 Å². The normalized spacial score (nSPS) is 14.6. The van der Waals surface area contributed by atoms with Crippen LogP contribution in [-0.2, 0) is 11.3 Å². The number of rotatable bonds is 6. The summed E-state index contributed by atoms with van der Waals surface area (Å²) in [6.45, 7) is 6.13. The molecule has 0 aliphatic carbocycles. The Labute approximate surface area is 182 Å². The van der Waals surface area contributed by atoms with Crippen LogP contribution >= 0.6 is 11.6 Å². The van der Waals surface area contributed by atoms with Crippen LogP contribution in [-0.4, -0.2) is 56.6 Å². The summed E-state index contributed by atoms with van der Waals surface area (Å²) < 4.78 is 5.37. The van der Waals surface area contributed by atoms with Crippen molar-refractivity contribution in [3.8, 4) is 5.75 Å². The van der Waals surface area contributed by atoms with Crippen LogP contribution in [0.3, 0.4) is 0 Å². The number of halogens is 1. The quantitative estimate of drug-likeness (QED) is 0.544. The van der Waals surface area contributed by atoms with Gasteiger partial charge in [-0.1, -0.05) is 29.8 Å². The van der Waals surface area contributed by atoms with Gasteiger partial charge in [-0.2, -0.15) is 0 Å². The van der Waals surface area contributed by atoms with Crippen LogP contribution in [0.5, 0.6) is 5.75 Å². The lowest BCUT2D eigenvalue weighted by Gasteiger charge is -2.38. The highest BCUT2D eigenvalue weighted by molar-refractivity contribution is 6.30. The van der Waals surface area contributed by atoms with E-state index < -0.39 is 5.91 Å². The Morgan fingerprint density at radius 2 is 1.97 bits per heavy atom. The van der Waals surface area contributed by atoms with Gasteiger partial charge in [0.2, 0.25) is 0 Å². The lowest BCUT2D eigenvalue weighted by molar-refractivity contribution is -0.119. The van der Waals surface area contributed by atoms with E-state index in [9.17, 15) is 4.79 Å². The van der Waals surface area contributed by atoms with Crippen molar-refractivity contribution in [3.63, 3.8) is 0 Å². The fourth-order valence-corrected chi connectivity index (χ4v) is 3.66. The molecular weight excluding hydrogens is 402 g/mol. The number of carbonyl (C=O) groups excluding carboxylic acids is 1. The molecule has 8 heteroatoms. The van der Waals surface area contributed by atoms with Crippen molar-refractivity contribution in [2.75, 3.05) is 44.7 Å². The zero-order valence-corrected chi connectivity index (χ0v) is 18.2. The second-order valence-electron chi connectivity index (χ2n) is 7.21. The third kappa shape index (κ3) is 5.79. The Kier molecular flexibility index (Phi) is 7.41. The summed E-state index contributed by atoms with van der Waals surface area (Å²) in [5.74, 6) is 0.987. The van der Waals surface area contributed by atoms with E-state index in [4.69, 9.17) is 22.1 Å². The fraction of sp³-hybridized carbons (Fsp3) is 0.364. The topological polar surface area (TPSA) is 83.2 Å².